The fourth-order valence-electron chi connectivity index (χ4n) is 3.97. The minimum atomic E-state index is -1.20. The Labute approximate surface area is 173 Å². The molecule has 0 spiro atoms. The second-order valence-corrected chi connectivity index (χ2v) is 7.22. The van der Waals surface area contributed by atoms with Gasteiger partial charge in [0.25, 0.3) is 11.8 Å². The van der Waals surface area contributed by atoms with E-state index in [4.69, 9.17) is 4.74 Å². The predicted octanol–water partition coefficient (Wildman–Crippen LogP) is 1.66. The summed E-state index contributed by atoms with van der Waals surface area (Å²) in [7, 11) is 0. The molecule has 1 aromatic carbocycles. The zero-order valence-electron chi connectivity index (χ0n) is 16.3. The average molecular weight is 437 g/mol. The molecule has 8 nitrogen and oxygen atoms in total. The molecule has 0 aliphatic carbocycles. The average Bonchev–Trinajstić information content (AvgIpc) is 3.19. The van der Waals surface area contributed by atoms with E-state index >= 15 is 0 Å². The smallest absolute Gasteiger partial charge is 0.276 e. The highest BCUT2D eigenvalue weighted by Gasteiger charge is 2.44. The van der Waals surface area contributed by atoms with Crippen molar-refractivity contribution >= 4 is 11.8 Å². The SMILES string of the molecule is CCN1C(=O)c2c(O)c(=O)c(C(=O)NCc3c(F)cc(F)cc3F)cn2C2CCO[C@@H]21. The minimum Gasteiger partial charge on any atom is -0.503 e. The lowest BCUT2D eigenvalue weighted by Gasteiger charge is -2.38. The van der Waals surface area contributed by atoms with Gasteiger partial charge in [0.05, 0.1) is 12.6 Å². The van der Waals surface area contributed by atoms with E-state index in [-0.39, 0.29) is 5.69 Å². The second kappa shape index (κ2) is 7.73. The molecule has 0 saturated carbocycles. The number of amides is 2. The van der Waals surface area contributed by atoms with E-state index in [1.54, 1.807) is 6.92 Å². The van der Waals surface area contributed by atoms with Crippen LogP contribution in [0.5, 0.6) is 5.75 Å². The Morgan fingerprint density at radius 2 is 1.94 bits per heavy atom. The quantitative estimate of drug-likeness (QED) is 0.758. The van der Waals surface area contributed by atoms with Crippen LogP contribution in [0, 0.1) is 17.5 Å². The number of fused-ring (bicyclic) bond motifs is 3. The lowest BCUT2D eigenvalue weighted by atomic mass is 10.1. The van der Waals surface area contributed by atoms with Gasteiger partial charge < -0.3 is 24.6 Å². The first-order valence-electron chi connectivity index (χ1n) is 9.56. The first-order valence-corrected chi connectivity index (χ1v) is 9.56. The summed E-state index contributed by atoms with van der Waals surface area (Å²) in [5.74, 6) is -6.01. The Hall–Kier alpha value is -3.34. The van der Waals surface area contributed by atoms with Crippen LogP contribution in [0.25, 0.3) is 0 Å². The number of halogens is 3. The molecule has 1 unspecified atom stereocenters. The predicted molar refractivity (Wildman–Crippen MR) is 100.0 cm³/mol. The maximum Gasteiger partial charge on any atom is 0.276 e. The summed E-state index contributed by atoms with van der Waals surface area (Å²) in [5, 5.41) is 12.6. The van der Waals surface area contributed by atoms with E-state index in [0.717, 1.165) is 6.20 Å². The molecule has 4 rings (SSSR count). The second-order valence-electron chi connectivity index (χ2n) is 7.22. The molecule has 3 heterocycles. The summed E-state index contributed by atoms with van der Waals surface area (Å²) in [6, 6.07) is 0.517. The number of ether oxygens (including phenoxy) is 1. The maximum atomic E-state index is 13.8. The normalized spacial score (nSPS) is 19.9. The number of nitrogens with one attached hydrogen (secondary N) is 1. The zero-order valence-corrected chi connectivity index (χ0v) is 16.3. The fourth-order valence-corrected chi connectivity index (χ4v) is 3.97. The molecule has 11 heteroatoms. The number of rotatable bonds is 4. The number of aromatic nitrogens is 1. The van der Waals surface area contributed by atoms with Gasteiger partial charge in [0, 0.05) is 37.0 Å². The van der Waals surface area contributed by atoms with Crippen molar-refractivity contribution in [3.8, 4) is 5.75 Å². The monoisotopic (exact) mass is 437 g/mol. The molecule has 2 aromatic rings. The lowest BCUT2D eigenvalue weighted by molar-refractivity contribution is -0.0328. The molecule has 1 fully saturated rings. The van der Waals surface area contributed by atoms with E-state index in [1.807, 2.05) is 0 Å². The first kappa shape index (κ1) is 20.9. The van der Waals surface area contributed by atoms with Crippen molar-refractivity contribution in [1.29, 1.82) is 0 Å². The van der Waals surface area contributed by atoms with E-state index < -0.39 is 70.4 Å². The summed E-state index contributed by atoms with van der Waals surface area (Å²) in [5.41, 5.74) is -2.43. The molecule has 1 saturated heterocycles. The standard InChI is InChI=1S/C20H18F3N3O5/c1-2-25-19(30)15-17(28)16(27)11(8-26(15)14-3-4-31-20(14)25)18(29)24-7-10-12(22)5-9(21)6-13(10)23/h5-6,8,14,20,28H,2-4,7H2,1H3,(H,24,29)/t14?,20-/m0/s1. The Bertz CT molecular complexity index is 1130. The van der Waals surface area contributed by atoms with Gasteiger partial charge >= 0.3 is 0 Å². The van der Waals surface area contributed by atoms with Gasteiger partial charge in [-0.3, -0.25) is 14.4 Å². The fraction of sp³-hybridized carbons (Fsp3) is 0.350. The van der Waals surface area contributed by atoms with Crippen LogP contribution in [0.15, 0.2) is 23.1 Å². The van der Waals surface area contributed by atoms with Crippen LogP contribution in [-0.4, -0.2) is 45.8 Å². The summed E-state index contributed by atoms with van der Waals surface area (Å²) in [6.07, 6.45) is 1.02. The molecule has 31 heavy (non-hydrogen) atoms. The van der Waals surface area contributed by atoms with Crippen molar-refractivity contribution in [2.24, 2.45) is 0 Å². The highest BCUT2D eigenvalue weighted by Crippen LogP contribution is 2.36. The molecule has 2 N–H and O–H groups in total. The number of aromatic hydroxyl groups is 1. The zero-order chi connectivity index (χ0) is 22.4. The number of benzene rings is 1. The molecule has 0 bridgehead atoms. The van der Waals surface area contributed by atoms with Crippen molar-refractivity contribution in [2.75, 3.05) is 13.2 Å². The van der Waals surface area contributed by atoms with Crippen LogP contribution >= 0.6 is 0 Å². The molecule has 2 aliphatic heterocycles. The van der Waals surface area contributed by atoms with Crippen molar-refractivity contribution < 1.29 is 32.6 Å². The summed E-state index contributed by atoms with van der Waals surface area (Å²) in [6.45, 7) is 1.72. The molecule has 1 aromatic heterocycles. The largest absolute Gasteiger partial charge is 0.503 e. The number of pyridine rings is 1. The number of likely N-dealkylation sites (N-methyl/N-ethyl adjacent to an activating group) is 1. The van der Waals surface area contributed by atoms with E-state index in [1.165, 1.54) is 9.47 Å². The Morgan fingerprint density at radius 1 is 1.26 bits per heavy atom. The van der Waals surface area contributed by atoms with Gasteiger partial charge in [-0.05, 0) is 13.3 Å². The Morgan fingerprint density at radius 3 is 2.58 bits per heavy atom. The number of hydrogen-bond donors (Lipinski definition) is 2. The molecular formula is C20H18F3N3O5. The summed E-state index contributed by atoms with van der Waals surface area (Å²) < 4.78 is 47.6. The van der Waals surface area contributed by atoms with Crippen molar-refractivity contribution in [3.05, 3.63) is 62.8 Å². The van der Waals surface area contributed by atoms with E-state index in [0.29, 0.717) is 31.7 Å². The van der Waals surface area contributed by atoms with Gasteiger partial charge in [-0.1, -0.05) is 0 Å². The van der Waals surface area contributed by atoms with Crippen LogP contribution in [0.1, 0.15) is 45.8 Å². The number of hydrogen-bond acceptors (Lipinski definition) is 5. The lowest BCUT2D eigenvalue weighted by Crippen LogP contribution is -2.50. The van der Waals surface area contributed by atoms with Crippen LogP contribution < -0.4 is 10.7 Å². The van der Waals surface area contributed by atoms with Crippen LogP contribution in [0.4, 0.5) is 13.2 Å². The molecule has 0 radical (unpaired) electrons. The van der Waals surface area contributed by atoms with Gasteiger partial charge in [0.2, 0.25) is 5.43 Å². The molecule has 2 aliphatic rings. The topological polar surface area (TPSA) is 101 Å². The van der Waals surface area contributed by atoms with Crippen molar-refractivity contribution in [3.63, 3.8) is 0 Å². The molecule has 2 atom stereocenters. The van der Waals surface area contributed by atoms with Crippen molar-refractivity contribution in [2.45, 2.75) is 32.2 Å². The van der Waals surface area contributed by atoms with Crippen LogP contribution in [0.2, 0.25) is 0 Å². The van der Waals surface area contributed by atoms with Gasteiger partial charge in [0.15, 0.2) is 17.7 Å². The third-order valence-electron chi connectivity index (χ3n) is 5.49. The van der Waals surface area contributed by atoms with Gasteiger partial charge in [-0.2, -0.15) is 0 Å². The third-order valence-corrected chi connectivity index (χ3v) is 5.49. The summed E-state index contributed by atoms with van der Waals surface area (Å²) >= 11 is 0. The number of carbonyl (C=O) groups is 2. The van der Waals surface area contributed by atoms with Crippen LogP contribution in [0.3, 0.4) is 0 Å². The molecule has 2 amide bonds. The molecular weight excluding hydrogens is 419 g/mol. The van der Waals surface area contributed by atoms with Gasteiger partial charge in [-0.25, -0.2) is 13.2 Å². The van der Waals surface area contributed by atoms with Gasteiger partial charge in [-0.15, -0.1) is 0 Å². The highest BCUT2D eigenvalue weighted by molar-refractivity contribution is 5.99. The Kier molecular flexibility index (Phi) is 5.21. The first-order chi connectivity index (χ1) is 14.7. The third kappa shape index (κ3) is 3.34. The minimum absolute atomic E-state index is 0.245. The van der Waals surface area contributed by atoms with E-state index in [9.17, 15) is 32.7 Å². The summed E-state index contributed by atoms with van der Waals surface area (Å²) in [4.78, 5) is 39.3. The maximum absolute atomic E-state index is 13.8. The number of carbonyl (C=O) groups excluding carboxylic acids is 2. The van der Waals surface area contributed by atoms with E-state index in [2.05, 4.69) is 5.32 Å². The molecule has 164 valence electrons. The number of nitrogens with zero attached hydrogens (tertiary/aromatic N) is 2. The Balaban J connectivity index is 1.69. The van der Waals surface area contributed by atoms with Gasteiger partial charge in [0.1, 0.15) is 23.0 Å². The highest BCUT2D eigenvalue weighted by atomic mass is 19.1. The van der Waals surface area contributed by atoms with Crippen molar-refractivity contribution in [1.82, 2.24) is 14.8 Å². The van der Waals surface area contributed by atoms with Crippen LogP contribution in [-0.2, 0) is 11.3 Å².